The van der Waals surface area contributed by atoms with Crippen LogP contribution in [-0.4, -0.2) is 115 Å². The molecule has 0 spiro atoms. The molecule has 3 aliphatic heterocycles. The minimum Gasteiger partial charge on any atom is -0.378 e. The van der Waals surface area contributed by atoms with E-state index in [9.17, 15) is 19.2 Å². The second-order valence-corrected chi connectivity index (χ2v) is 9.47. The summed E-state index contributed by atoms with van der Waals surface area (Å²) < 4.78 is 5.29. The van der Waals surface area contributed by atoms with Crippen LogP contribution in [0.5, 0.6) is 0 Å². The molecule has 0 aromatic heterocycles. The van der Waals surface area contributed by atoms with E-state index in [1.165, 1.54) is 0 Å². The number of carbonyl (C=O) groups excluding carboxylic acids is 4. The zero-order chi connectivity index (χ0) is 24.8. The van der Waals surface area contributed by atoms with E-state index >= 15 is 0 Å². The number of piperazine rings is 1. The molecule has 11 nitrogen and oxygen atoms in total. The van der Waals surface area contributed by atoms with Gasteiger partial charge in [-0.25, -0.2) is 4.79 Å². The Kier molecular flexibility index (Phi) is 7.99. The summed E-state index contributed by atoms with van der Waals surface area (Å²) in [4.78, 5) is 56.3. The van der Waals surface area contributed by atoms with Crippen LogP contribution in [0, 0.1) is 0 Å². The molecule has 1 aromatic rings. The molecule has 1 unspecified atom stereocenters. The van der Waals surface area contributed by atoms with Crippen molar-refractivity contribution in [1.29, 1.82) is 0 Å². The van der Waals surface area contributed by atoms with Crippen molar-refractivity contribution in [2.45, 2.75) is 25.3 Å². The minimum atomic E-state index is -1.07. The Bertz CT molecular complexity index is 930. The van der Waals surface area contributed by atoms with Gasteiger partial charge in [-0.2, -0.15) is 5.01 Å². The highest BCUT2D eigenvalue weighted by molar-refractivity contribution is 6.07. The van der Waals surface area contributed by atoms with Gasteiger partial charge in [0.2, 0.25) is 5.91 Å². The molecular formula is C24H34N6O5. The number of nitrogens with one attached hydrogen (secondary N) is 2. The first-order valence-corrected chi connectivity index (χ1v) is 12.1. The van der Waals surface area contributed by atoms with E-state index < -0.39 is 23.4 Å². The van der Waals surface area contributed by atoms with Crippen LogP contribution in [0.2, 0.25) is 0 Å². The molecule has 0 bridgehead atoms. The van der Waals surface area contributed by atoms with Gasteiger partial charge in [-0.15, -0.1) is 0 Å². The second-order valence-electron chi connectivity index (χ2n) is 9.47. The fourth-order valence-corrected chi connectivity index (χ4v) is 4.57. The molecule has 0 aliphatic carbocycles. The summed E-state index contributed by atoms with van der Waals surface area (Å²) in [6, 6.07) is 9.12. The highest BCUT2D eigenvalue weighted by Crippen LogP contribution is 2.22. The van der Waals surface area contributed by atoms with Crippen LogP contribution in [0.1, 0.15) is 18.9 Å². The average molecular weight is 487 g/mol. The Morgan fingerprint density at radius 2 is 1.60 bits per heavy atom. The average Bonchev–Trinajstić information content (AvgIpc) is 3.08. The standard InChI is InChI=1S/C24H34N6O5/c1-24(8-7-19-5-3-2-4-6-19)22(33)30(23(34)25-24)26-20(31)17-27-9-11-28(12-10-27)18-21(32)29-13-15-35-16-14-29/h2-6H,7-18H2,1H3,(H,25,34)(H,26,31). The van der Waals surface area contributed by atoms with E-state index in [2.05, 4.69) is 15.6 Å². The lowest BCUT2D eigenvalue weighted by Gasteiger charge is -2.35. The highest BCUT2D eigenvalue weighted by Gasteiger charge is 2.48. The third kappa shape index (κ3) is 6.36. The fraction of sp³-hybridized carbons (Fsp3) is 0.583. The normalized spacial score (nSPS) is 23.9. The van der Waals surface area contributed by atoms with Gasteiger partial charge in [0.05, 0.1) is 26.3 Å². The molecule has 1 atom stereocenters. The first-order valence-electron chi connectivity index (χ1n) is 12.1. The fourth-order valence-electron chi connectivity index (χ4n) is 4.57. The zero-order valence-corrected chi connectivity index (χ0v) is 20.2. The summed E-state index contributed by atoms with van der Waals surface area (Å²) in [7, 11) is 0. The molecule has 3 heterocycles. The molecule has 35 heavy (non-hydrogen) atoms. The summed E-state index contributed by atoms with van der Waals surface area (Å²) in [6.07, 6.45) is 1.06. The number of nitrogens with zero attached hydrogens (tertiary/aromatic N) is 4. The zero-order valence-electron chi connectivity index (χ0n) is 20.2. The maximum absolute atomic E-state index is 12.9. The molecule has 11 heteroatoms. The molecule has 5 amide bonds. The van der Waals surface area contributed by atoms with Crippen LogP contribution in [0.25, 0.3) is 0 Å². The van der Waals surface area contributed by atoms with Crippen molar-refractivity contribution in [2.24, 2.45) is 0 Å². The minimum absolute atomic E-state index is 0.0725. The van der Waals surface area contributed by atoms with Crippen LogP contribution in [0.3, 0.4) is 0 Å². The molecule has 3 fully saturated rings. The topological polar surface area (TPSA) is 115 Å². The van der Waals surface area contributed by atoms with Crippen molar-refractivity contribution in [2.75, 3.05) is 65.6 Å². The molecular weight excluding hydrogens is 452 g/mol. The number of hydrogen-bond acceptors (Lipinski definition) is 7. The van der Waals surface area contributed by atoms with Gasteiger partial charge in [-0.3, -0.25) is 29.6 Å². The third-order valence-corrected chi connectivity index (χ3v) is 6.81. The van der Waals surface area contributed by atoms with Gasteiger partial charge in [0.1, 0.15) is 5.54 Å². The summed E-state index contributed by atoms with van der Waals surface area (Å²) >= 11 is 0. The summed E-state index contributed by atoms with van der Waals surface area (Å²) in [5.74, 6) is -0.773. The lowest BCUT2D eigenvalue weighted by Crippen LogP contribution is -2.55. The lowest BCUT2D eigenvalue weighted by atomic mass is 9.93. The number of imide groups is 1. The maximum Gasteiger partial charge on any atom is 0.344 e. The monoisotopic (exact) mass is 486 g/mol. The Morgan fingerprint density at radius 3 is 2.26 bits per heavy atom. The van der Waals surface area contributed by atoms with Crippen molar-refractivity contribution in [3.63, 3.8) is 0 Å². The van der Waals surface area contributed by atoms with E-state index in [4.69, 9.17) is 4.74 Å². The Labute approximate surface area is 205 Å². The Morgan fingerprint density at radius 1 is 0.971 bits per heavy atom. The number of aryl methyl sites for hydroxylation is 1. The highest BCUT2D eigenvalue weighted by atomic mass is 16.5. The van der Waals surface area contributed by atoms with Crippen LogP contribution >= 0.6 is 0 Å². The quantitative estimate of drug-likeness (QED) is 0.474. The van der Waals surface area contributed by atoms with Crippen molar-refractivity contribution in [3.8, 4) is 0 Å². The van der Waals surface area contributed by atoms with Gasteiger partial charge in [0.15, 0.2) is 0 Å². The van der Waals surface area contributed by atoms with Crippen LogP contribution in [0.4, 0.5) is 4.79 Å². The first kappa shape index (κ1) is 25.1. The molecule has 190 valence electrons. The van der Waals surface area contributed by atoms with E-state index in [0.29, 0.717) is 71.9 Å². The van der Waals surface area contributed by atoms with Gasteiger partial charge < -0.3 is 15.0 Å². The predicted octanol–water partition coefficient (Wildman–Crippen LogP) is -0.563. The van der Waals surface area contributed by atoms with Crippen LogP contribution < -0.4 is 10.7 Å². The number of ether oxygens (including phenoxy) is 1. The maximum atomic E-state index is 12.9. The molecule has 3 aliphatic rings. The summed E-state index contributed by atoms with van der Waals surface area (Å²) in [5.41, 5.74) is 2.47. The van der Waals surface area contributed by atoms with Crippen molar-refractivity contribution >= 4 is 23.8 Å². The lowest BCUT2D eigenvalue weighted by molar-refractivity contribution is -0.139. The smallest absolute Gasteiger partial charge is 0.344 e. The number of hydrogen-bond donors (Lipinski definition) is 2. The van der Waals surface area contributed by atoms with Crippen LogP contribution in [0.15, 0.2) is 30.3 Å². The van der Waals surface area contributed by atoms with E-state index in [0.717, 1.165) is 10.6 Å². The van der Waals surface area contributed by atoms with E-state index in [1.54, 1.807) is 6.92 Å². The van der Waals surface area contributed by atoms with Gasteiger partial charge in [-0.05, 0) is 25.3 Å². The Balaban J connectivity index is 1.20. The van der Waals surface area contributed by atoms with Crippen molar-refractivity contribution in [3.05, 3.63) is 35.9 Å². The SMILES string of the molecule is CC1(CCc2ccccc2)NC(=O)N(NC(=O)CN2CCN(CC(=O)N3CCOCC3)CC2)C1=O. The van der Waals surface area contributed by atoms with E-state index in [-0.39, 0.29) is 12.5 Å². The second kappa shape index (κ2) is 11.1. The molecule has 3 saturated heterocycles. The van der Waals surface area contributed by atoms with Gasteiger partial charge >= 0.3 is 6.03 Å². The van der Waals surface area contributed by atoms with Crippen LogP contribution in [-0.2, 0) is 25.5 Å². The number of amides is 5. The molecule has 2 N–H and O–H groups in total. The number of morpholine rings is 1. The van der Waals surface area contributed by atoms with Crippen molar-refractivity contribution in [1.82, 2.24) is 30.5 Å². The number of urea groups is 1. The van der Waals surface area contributed by atoms with Gasteiger partial charge in [-0.1, -0.05) is 30.3 Å². The molecule has 4 rings (SSSR count). The summed E-state index contributed by atoms with van der Waals surface area (Å²) in [6.45, 7) is 7.13. The van der Waals surface area contributed by atoms with Gasteiger partial charge in [0.25, 0.3) is 11.8 Å². The molecule has 0 radical (unpaired) electrons. The number of carbonyl (C=O) groups is 4. The number of rotatable bonds is 8. The predicted molar refractivity (Wildman–Crippen MR) is 127 cm³/mol. The summed E-state index contributed by atoms with van der Waals surface area (Å²) in [5, 5.41) is 3.52. The first-order chi connectivity index (χ1) is 16.8. The Hall–Kier alpha value is -3.02. The van der Waals surface area contributed by atoms with Crippen molar-refractivity contribution < 1.29 is 23.9 Å². The number of benzene rings is 1. The molecule has 1 aromatic carbocycles. The van der Waals surface area contributed by atoms with E-state index in [1.807, 2.05) is 40.1 Å². The molecule has 0 saturated carbocycles. The van der Waals surface area contributed by atoms with Gasteiger partial charge in [0, 0.05) is 39.3 Å². The largest absolute Gasteiger partial charge is 0.378 e. The number of hydrazine groups is 1. The third-order valence-electron chi connectivity index (χ3n) is 6.81.